The molecule has 1 heterocycles. The molecular weight excluding hydrogens is 773 g/mol. The van der Waals surface area contributed by atoms with E-state index in [9.17, 15) is 0 Å². The van der Waals surface area contributed by atoms with E-state index in [0.29, 0.717) is 0 Å². The van der Waals surface area contributed by atoms with E-state index in [1.807, 2.05) is 0 Å². The molecule has 2 heteroatoms. The second kappa shape index (κ2) is 15.8. The fourth-order valence-corrected chi connectivity index (χ4v) is 9.89. The molecule has 0 amide bonds. The number of aromatic nitrogens is 1. The third kappa shape index (κ3) is 6.35. The number of hydrogen-bond donors (Lipinski definition) is 0. The minimum Gasteiger partial charge on any atom is -0.309 e. The molecule has 300 valence electrons. The first-order chi connectivity index (χ1) is 31.8. The SMILES string of the molecule is c1ccc(-c2cccc(-c3ccc(N(c4ccccc4-c4cccc5cccc(-c6ccccc6)c45)c4cccc5c4c4c6ccccc6ccc4n5-c4ccccc4)cc3)c2)cc1. The number of para-hydroxylation sites is 2. The van der Waals surface area contributed by atoms with Gasteiger partial charge in [0.25, 0.3) is 0 Å². The Kier molecular flexibility index (Phi) is 9.20. The van der Waals surface area contributed by atoms with E-state index in [1.165, 1.54) is 76.8 Å². The number of nitrogens with zero attached hydrogens (tertiary/aromatic N) is 2. The fourth-order valence-electron chi connectivity index (χ4n) is 9.89. The van der Waals surface area contributed by atoms with Crippen molar-refractivity contribution < 1.29 is 0 Å². The Balaban J connectivity index is 1.14. The van der Waals surface area contributed by atoms with Crippen LogP contribution in [0.15, 0.2) is 255 Å². The third-order valence-corrected chi connectivity index (χ3v) is 12.8. The highest BCUT2D eigenvalue weighted by atomic mass is 15.2. The van der Waals surface area contributed by atoms with Crippen LogP contribution in [0, 0.1) is 0 Å². The molecule has 1 aromatic heterocycles. The van der Waals surface area contributed by atoms with Gasteiger partial charge >= 0.3 is 0 Å². The molecule has 12 rings (SSSR count). The lowest BCUT2D eigenvalue weighted by Gasteiger charge is -2.29. The van der Waals surface area contributed by atoms with Gasteiger partial charge in [0.2, 0.25) is 0 Å². The molecule has 0 bridgehead atoms. The largest absolute Gasteiger partial charge is 0.309 e. The zero-order valence-corrected chi connectivity index (χ0v) is 35.1. The lowest BCUT2D eigenvalue weighted by Crippen LogP contribution is -2.12. The Morgan fingerprint density at radius 1 is 0.281 bits per heavy atom. The van der Waals surface area contributed by atoms with Gasteiger partial charge in [-0.25, -0.2) is 0 Å². The first-order valence-electron chi connectivity index (χ1n) is 22.0. The lowest BCUT2D eigenvalue weighted by molar-refractivity contribution is 1.18. The molecule has 0 spiro atoms. The summed E-state index contributed by atoms with van der Waals surface area (Å²) in [5, 5.41) is 7.34. The number of rotatable bonds is 8. The van der Waals surface area contributed by atoms with Crippen LogP contribution in [-0.2, 0) is 0 Å². The van der Waals surface area contributed by atoms with Crippen molar-refractivity contribution in [2.24, 2.45) is 0 Å². The van der Waals surface area contributed by atoms with E-state index in [0.717, 1.165) is 33.8 Å². The molecule has 0 aliphatic carbocycles. The van der Waals surface area contributed by atoms with Gasteiger partial charge in [-0.2, -0.15) is 0 Å². The van der Waals surface area contributed by atoms with Crippen LogP contribution in [0.3, 0.4) is 0 Å². The highest BCUT2D eigenvalue weighted by Gasteiger charge is 2.25. The van der Waals surface area contributed by atoms with Gasteiger partial charge in [-0.05, 0) is 115 Å². The summed E-state index contributed by atoms with van der Waals surface area (Å²) in [7, 11) is 0. The zero-order valence-electron chi connectivity index (χ0n) is 35.1. The maximum Gasteiger partial charge on any atom is 0.0562 e. The Morgan fingerprint density at radius 3 is 1.58 bits per heavy atom. The lowest BCUT2D eigenvalue weighted by atomic mass is 9.90. The molecule has 0 fully saturated rings. The quantitative estimate of drug-likeness (QED) is 0.148. The maximum atomic E-state index is 2.50. The van der Waals surface area contributed by atoms with Gasteiger partial charge in [-0.1, -0.05) is 200 Å². The van der Waals surface area contributed by atoms with E-state index in [-0.39, 0.29) is 0 Å². The van der Waals surface area contributed by atoms with Crippen molar-refractivity contribution in [2.45, 2.75) is 0 Å². The average Bonchev–Trinajstić information content (AvgIpc) is 3.73. The Morgan fingerprint density at radius 2 is 0.812 bits per heavy atom. The van der Waals surface area contributed by atoms with Crippen LogP contribution in [0.1, 0.15) is 0 Å². The summed E-state index contributed by atoms with van der Waals surface area (Å²) in [6.07, 6.45) is 0. The van der Waals surface area contributed by atoms with Gasteiger partial charge in [0, 0.05) is 27.7 Å². The molecule has 0 radical (unpaired) electrons. The summed E-state index contributed by atoms with van der Waals surface area (Å²) in [6.45, 7) is 0. The third-order valence-electron chi connectivity index (χ3n) is 12.8. The Hall–Kier alpha value is -8.46. The normalized spacial score (nSPS) is 11.4. The van der Waals surface area contributed by atoms with Crippen LogP contribution in [0.2, 0.25) is 0 Å². The first-order valence-corrected chi connectivity index (χ1v) is 22.0. The monoisotopic (exact) mass is 814 g/mol. The smallest absolute Gasteiger partial charge is 0.0562 e. The van der Waals surface area contributed by atoms with Crippen LogP contribution in [0.4, 0.5) is 17.1 Å². The van der Waals surface area contributed by atoms with Crippen molar-refractivity contribution in [1.82, 2.24) is 4.57 Å². The van der Waals surface area contributed by atoms with E-state index in [2.05, 4.69) is 264 Å². The number of benzene rings is 11. The number of fused-ring (bicyclic) bond motifs is 6. The summed E-state index contributed by atoms with van der Waals surface area (Å²) in [5.74, 6) is 0. The van der Waals surface area contributed by atoms with Crippen molar-refractivity contribution in [3.8, 4) is 50.2 Å². The predicted octanol–water partition coefficient (Wildman–Crippen LogP) is 17.2. The minimum atomic E-state index is 1.08. The molecule has 0 N–H and O–H groups in total. The van der Waals surface area contributed by atoms with E-state index in [1.54, 1.807) is 0 Å². The second-order valence-electron chi connectivity index (χ2n) is 16.4. The Labute approximate surface area is 373 Å². The van der Waals surface area contributed by atoms with E-state index in [4.69, 9.17) is 0 Å². The first kappa shape index (κ1) is 37.3. The fraction of sp³-hybridized carbons (Fsp3) is 0. The van der Waals surface area contributed by atoms with Crippen LogP contribution in [-0.4, -0.2) is 4.57 Å². The summed E-state index contributed by atoms with van der Waals surface area (Å²) in [6, 6.07) is 92.8. The van der Waals surface area contributed by atoms with Crippen LogP contribution < -0.4 is 4.90 Å². The minimum absolute atomic E-state index is 1.08. The summed E-state index contributed by atoms with van der Waals surface area (Å²) >= 11 is 0. The van der Waals surface area contributed by atoms with Gasteiger partial charge in [0.1, 0.15) is 0 Å². The molecule has 0 saturated heterocycles. The summed E-state index contributed by atoms with van der Waals surface area (Å²) in [5.41, 5.74) is 16.3. The standard InChI is InChI=1S/C62H42N2/c1-4-18-43(19-5-1)48-25-14-26-49(42-48)44-36-39-51(40-37-44)63(56-33-13-12-30-54(56)55-32-16-24-47-23-15-31-52(60(47)55)45-20-6-2-7-21-45)57-34-17-35-58-62(57)61-53-29-11-10-22-46(53)38-41-59(61)64(58)50-27-8-3-9-28-50/h1-42H. The second-order valence-corrected chi connectivity index (χ2v) is 16.4. The van der Waals surface area contributed by atoms with Crippen LogP contribution in [0.25, 0.3) is 93.5 Å². The van der Waals surface area contributed by atoms with Crippen molar-refractivity contribution in [3.63, 3.8) is 0 Å². The molecule has 0 atom stereocenters. The van der Waals surface area contributed by atoms with Crippen LogP contribution in [0.5, 0.6) is 0 Å². The molecule has 0 saturated carbocycles. The highest BCUT2D eigenvalue weighted by Crippen LogP contribution is 2.49. The average molecular weight is 815 g/mol. The van der Waals surface area contributed by atoms with Gasteiger partial charge in [0.05, 0.1) is 22.4 Å². The topological polar surface area (TPSA) is 8.17 Å². The van der Waals surface area contributed by atoms with Gasteiger partial charge in [-0.15, -0.1) is 0 Å². The van der Waals surface area contributed by atoms with Crippen molar-refractivity contribution in [1.29, 1.82) is 0 Å². The molecule has 64 heavy (non-hydrogen) atoms. The molecular formula is C62H42N2. The summed E-state index contributed by atoms with van der Waals surface area (Å²) in [4.78, 5) is 2.50. The maximum absolute atomic E-state index is 2.50. The Bertz CT molecular complexity index is 3640. The predicted molar refractivity (Wildman–Crippen MR) is 272 cm³/mol. The van der Waals surface area contributed by atoms with Crippen molar-refractivity contribution in [2.75, 3.05) is 4.90 Å². The molecule has 12 aromatic rings. The molecule has 0 unspecified atom stereocenters. The van der Waals surface area contributed by atoms with Gasteiger partial charge in [-0.3, -0.25) is 0 Å². The van der Waals surface area contributed by atoms with E-state index >= 15 is 0 Å². The molecule has 0 aliphatic heterocycles. The van der Waals surface area contributed by atoms with Crippen molar-refractivity contribution in [3.05, 3.63) is 255 Å². The van der Waals surface area contributed by atoms with E-state index < -0.39 is 0 Å². The van der Waals surface area contributed by atoms with Crippen LogP contribution >= 0.6 is 0 Å². The number of hydrogen-bond acceptors (Lipinski definition) is 1. The number of anilines is 3. The molecule has 11 aromatic carbocycles. The summed E-state index contributed by atoms with van der Waals surface area (Å²) < 4.78 is 2.43. The van der Waals surface area contributed by atoms with Gasteiger partial charge < -0.3 is 9.47 Å². The van der Waals surface area contributed by atoms with Crippen molar-refractivity contribution >= 4 is 60.4 Å². The molecule has 0 aliphatic rings. The zero-order chi connectivity index (χ0) is 42.4. The molecule has 2 nitrogen and oxygen atoms in total. The van der Waals surface area contributed by atoms with Gasteiger partial charge in [0.15, 0.2) is 0 Å². The highest BCUT2D eigenvalue weighted by molar-refractivity contribution is 6.26.